The number of amides is 1. The summed E-state index contributed by atoms with van der Waals surface area (Å²) in [6.45, 7) is 1.87. The van der Waals surface area contributed by atoms with Gasteiger partial charge in [0.25, 0.3) is 15.9 Å². The Balaban J connectivity index is 1.71. The second-order valence-corrected chi connectivity index (χ2v) is 9.39. The molecule has 1 aromatic heterocycles. The number of hydrogen-bond donors (Lipinski definition) is 2. The van der Waals surface area contributed by atoms with Gasteiger partial charge in [0, 0.05) is 30.6 Å². The molecule has 4 aromatic rings. The molecule has 1 heterocycles. The SMILES string of the molecule is Cc1ccc(S(=O)(=O)N(C)c2c(C(=O)Nc3cccc4c(O)cccc34)cnn2C)cc1. The molecule has 0 atom stereocenters. The van der Waals surface area contributed by atoms with E-state index in [1.54, 1.807) is 55.6 Å². The van der Waals surface area contributed by atoms with Crippen molar-refractivity contribution in [2.24, 2.45) is 7.05 Å². The van der Waals surface area contributed by atoms with Crippen LogP contribution in [-0.2, 0) is 17.1 Å². The van der Waals surface area contributed by atoms with Crippen molar-refractivity contribution in [2.45, 2.75) is 11.8 Å². The zero-order chi connectivity index (χ0) is 23.0. The summed E-state index contributed by atoms with van der Waals surface area (Å²) in [7, 11) is -0.950. The van der Waals surface area contributed by atoms with Crippen LogP contribution in [0.3, 0.4) is 0 Å². The average Bonchev–Trinajstić information content (AvgIpc) is 3.15. The summed E-state index contributed by atoms with van der Waals surface area (Å²) in [6, 6.07) is 16.7. The van der Waals surface area contributed by atoms with Crippen molar-refractivity contribution in [3.8, 4) is 5.75 Å². The number of aryl methyl sites for hydroxylation is 2. The van der Waals surface area contributed by atoms with Crippen LogP contribution in [0.4, 0.5) is 11.5 Å². The maximum atomic E-state index is 13.2. The molecule has 32 heavy (non-hydrogen) atoms. The van der Waals surface area contributed by atoms with Crippen molar-refractivity contribution >= 4 is 38.2 Å². The molecule has 3 aromatic carbocycles. The predicted molar refractivity (Wildman–Crippen MR) is 124 cm³/mol. The Bertz CT molecular complexity index is 1430. The van der Waals surface area contributed by atoms with Crippen LogP contribution in [0, 0.1) is 6.92 Å². The Morgan fingerprint density at radius 1 is 1.03 bits per heavy atom. The van der Waals surface area contributed by atoms with Gasteiger partial charge in [0.2, 0.25) is 0 Å². The third-order valence-corrected chi connectivity index (χ3v) is 7.04. The highest BCUT2D eigenvalue weighted by molar-refractivity contribution is 7.92. The number of fused-ring (bicyclic) bond motifs is 1. The number of rotatable bonds is 5. The van der Waals surface area contributed by atoms with Crippen molar-refractivity contribution in [2.75, 3.05) is 16.7 Å². The summed E-state index contributed by atoms with van der Waals surface area (Å²) >= 11 is 0. The summed E-state index contributed by atoms with van der Waals surface area (Å²) in [5, 5.41) is 18.3. The number of sulfonamides is 1. The van der Waals surface area contributed by atoms with Gasteiger partial charge in [-0.25, -0.2) is 8.42 Å². The fourth-order valence-corrected chi connectivity index (χ4v) is 4.78. The van der Waals surface area contributed by atoms with E-state index in [1.807, 2.05) is 6.92 Å². The van der Waals surface area contributed by atoms with Crippen molar-refractivity contribution in [1.29, 1.82) is 0 Å². The summed E-state index contributed by atoms with van der Waals surface area (Å²) in [5.41, 5.74) is 1.53. The fourth-order valence-electron chi connectivity index (χ4n) is 3.54. The van der Waals surface area contributed by atoms with E-state index in [9.17, 15) is 18.3 Å². The summed E-state index contributed by atoms with van der Waals surface area (Å²) in [5.74, 6) is -0.286. The van der Waals surface area contributed by atoms with Gasteiger partial charge in [0.15, 0.2) is 5.82 Å². The van der Waals surface area contributed by atoms with Gasteiger partial charge in [-0.05, 0) is 31.2 Å². The highest BCUT2D eigenvalue weighted by Gasteiger charge is 2.28. The second-order valence-electron chi connectivity index (χ2n) is 7.42. The van der Waals surface area contributed by atoms with E-state index in [2.05, 4.69) is 10.4 Å². The molecule has 0 aliphatic carbocycles. The molecule has 0 aliphatic rings. The lowest BCUT2D eigenvalue weighted by molar-refractivity contribution is 0.102. The van der Waals surface area contributed by atoms with Crippen LogP contribution < -0.4 is 9.62 Å². The van der Waals surface area contributed by atoms with Crippen molar-refractivity contribution in [3.05, 3.63) is 78.0 Å². The summed E-state index contributed by atoms with van der Waals surface area (Å²) < 4.78 is 28.7. The molecule has 0 aliphatic heterocycles. The molecular formula is C23H22N4O4S. The zero-order valence-electron chi connectivity index (χ0n) is 17.8. The maximum absolute atomic E-state index is 13.2. The Hall–Kier alpha value is -3.85. The Morgan fingerprint density at radius 3 is 2.41 bits per heavy atom. The van der Waals surface area contributed by atoms with Gasteiger partial charge in [0.1, 0.15) is 11.3 Å². The Kier molecular flexibility index (Phi) is 5.35. The Labute approximate surface area is 185 Å². The number of anilines is 2. The molecule has 0 saturated carbocycles. The molecule has 0 radical (unpaired) electrons. The molecule has 4 rings (SSSR count). The molecule has 1 amide bonds. The van der Waals surface area contributed by atoms with E-state index >= 15 is 0 Å². The highest BCUT2D eigenvalue weighted by atomic mass is 32.2. The topological polar surface area (TPSA) is 105 Å². The van der Waals surface area contributed by atoms with Gasteiger partial charge in [-0.15, -0.1) is 0 Å². The van der Waals surface area contributed by atoms with Gasteiger partial charge in [0.05, 0.1) is 11.1 Å². The fraction of sp³-hybridized carbons (Fsp3) is 0.130. The van der Waals surface area contributed by atoms with E-state index in [-0.39, 0.29) is 22.0 Å². The maximum Gasteiger partial charge on any atom is 0.265 e. The van der Waals surface area contributed by atoms with Crippen LogP contribution in [0.5, 0.6) is 5.75 Å². The predicted octanol–water partition coefficient (Wildman–Crippen LogP) is 3.66. The first kappa shape index (κ1) is 21.4. The lowest BCUT2D eigenvalue weighted by atomic mass is 10.1. The van der Waals surface area contributed by atoms with Crippen molar-refractivity contribution < 1.29 is 18.3 Å². The summed E-state index contributed by atoms with van der Waals surface area (Å²) in [4.78, 5) is 13.3. The number of aromatic hydroxyl groups is 1. The highest BCUT2D eigenvalue weighted by Crippen LogP contribution is 2.31. The molecular weight excluding hydrogens is 428 g/mol. The van der Waals surface area contributed by atoms with Crippen LogP contribution >= 0.6 is 0 Å². The van der Waals surface area contributed by atoms with E-state index in [0.717, 1.165) is 9.87 Å². The molecule has 0 fully saturated rings. The number of aromatic nitrogens is 2. The number of phenolic OH excluding ortho intramolecular Hbond substituents is 1. The van der Waals surface area contributed by atoms with Crippen molar-refractivity contribution in [3.63, 3.8) is 0 Å². The first-order valence-electron chi connectivity index (χ1n) is 9.80. The molecule has 9 heteroatoms. The summed E-state index contributed by atoms with van der Waals surface area (Å²) in [6.07, 6.45) is 1.33. The first-order valence-corrected chi connectivity index (χ1v) is 11.2. The number of hydrogen-bond acceptors (Lipinski definition) is 5. The second kappa shape index (κ2) is 8.01. The zero-order valence-corrected chi connectivity index (χ0v) is 18.6. The largest absolute Gasteiger partial charge is 0.507 e. The Morgan fingerprint density at radius 2 is 1.69 bits per heavy atom. The third kappa shape index (κ3) is 3.67. The number of carbonyl (C=O) groups is 1. The molecule has 164 valence electrons. The van der Waals surface area contributed by atoms with E-state index in [0.29, 0.717) is 16.5 Å². The van der Waals surface area contributed by atoms with Crippen molar-refractivity contribution in [1.82, 2.24) is 9.78 Å². The molecule has 0 unspecified atom stereocenters. The van der Waals surface area contributed by atoms with Gasteiger partial charge in [-0.1, -0.05) is 42.0 Å². The number of phenols is 1. The molecule has 0 bridgehead atoms. The first-order chi connectivity index (χ1) is 15.2. The standard InChI is InChI=1S/C23H22N4O4S/c1-15-10-12-16(13-11-15)32(30,31)27(3)23-19(14-24-26(23)2)22(29)25-20-8-4-7-18-17(20)6-5-9-21(18)28/h4-14,28H,1-3H3,(H,25,29). The lowest BCUT2D eigenvalue weighted by Crippen LogP contribution is -2.30. The minimum Gasteiger partial charge on any atom is -0.507 e. The van der Waals surface area contributed by atoms with E-state index in [1.165, 1.54) is 30.1 Å². The van der Waals surface area contributed by atoms with Crippen LogP contribution in [0.25, 0.3) is 10.8 Å². The van der Waals surface area contributed by atoms with E-state index < -0.39 is 15.9 Å². The van der Waals surface area contributed by atoms with Gasteiger partial charge in [-0.2, -0.15) is 5.10 Å². The quantitative estimate of drug-likeness (QED) is 0.483. The van der Waals surface area contributed by atoms with Gasteiger partial charge in [-0.3, -0.25) is 13.8 Å². The minimum atomic E-state index is -3.91. The molecule has 0 saturated heterocycles. The number of benzene rings is 3. The minimum absolute atomic E-state index is 0.0999. The van der Waals surface area contributed by atoms with Crippen LogP contribution in [0.2, 0.25) is 0 Å². The number of nitrogens with one attached hydrogen (secondary N) is 1. The lowest BCUT2D eigenvalue weighted by Gasteiger charge is -2.21. The van der Waals surface area contributed by atoms with Crippen LogP contribution in [-0.4, -0.2) is 36.3 Å². The average molecular weight is 451 g/mol. The van der Waals surface area contributed by atoms with Gasteiger partial charge >= 0.3 is 0 Å². The van der Waals surface area contributed by atoms with E-state index in [4.69, 9.17) is 0 Å². The monoisotopic (exact) mass is 450 g/mol. The van der Waals surface area contributed by atoms with Crippen LogP contribution in [0.1, 0.15) is 15.9 Å². The smallest absolute Gasteiger partial charge is 0.265 e. The molecule has 0 spiro atoms. The normalized spacial score (nSPS) is 11.5. The van der Waals surface area contributed by atoms with Gasteiger partial charge < -0.3 is 10.4 Å². The van der Waals surface area contributed by atoms with Crippen LogP contribution in [0.15, 0.2) is 71.8 Å². The molecule has 2 N–H and O–H groups in total. The number of nitrogens with zero attached hydrogens (tertiary/aromatic N) is 3. The number of carbonyl (C=O) groups excluding carboxylic acids is 1. The third-order valence-electron chi connectivity index (χ3n) is 5.28. The molecule has 8 nitrogen and oxygen atoms in total.